The quantitative estimate of drug-likeness (QED) is 0.376. The molecule has 0 amide bonds. The number of ether oxygens (including phenoxy) is 1. The van der Waals surface area contributed by atoms with Gasteiger partial charge < -0.3 is 4.74 Å². The number of esters is 1. The average Bonchev–Trinajstić information content (AvgIpc) is 2.59. The fraction of sp³-hybridized carbons (Fsp3) is 0.423. The molecule has 2 heteroatoms. The molecule has 0 heterocycles. The molecule has 0 bridgehead atoms. The highest BCUT2D eigenvalue weighted by atomic mass is 16.5. The normalized spacial score (nSPS) is 12.5. The van der Waals surface area contributed by atoms with Crippen molar-refractivity contribution in [2.75, 3.05) is 6.61 Å². The Morgan fingerprint density at radius 3 is 1.64 bits per heavy atom. The molecule has 0 radical (unpaired) electrons. The first-order valence-corrected chi connectivity index (χ1v) is 10.2. The van der Waals surface area contributed by atoms with Crippen LogP contribution in [0, 0.1) is 0 Å². The molecule has 0 saturated carbocycles. The zero-order chi connectivity index (χ0) is 20.7. The van der Waals surface area contributed by atoms with E-state index in [0.29, 0.717) is 13.0 Å². The van der Waals surface area contributed by atoms with Crippen LogP contribution < -0.4 is 0 Å². The predicted molar refractivity (Wildman–Crippen MR) is 119 cm³/mol. The third-order valence-electron chi connectivity index (χ3n) is 5.43. The maximum absolute atomic E-state index is 12.4. The second-order valence-corrected chi connectivity index (χ2v) is 9.71. The SMILES string of the molecule is CCOC(=O)Cc1c2cc(C(C)(C)C)ccc2cc2ccc(C(C)(C)C)cc12. The van der Waals surface area contributed by atoms with Gasteiger partial charge in [0.25, 0.3) is 0 Å². The van der Waals surface area contributed by atoms with Gasteiger partial charge in [0.1, 0.15) is 0 Å². The first-order valence-electron chi connectivity index (χ1n) is 10.2. The molecule has 3 aromatic carbocycles. The van der Waals surface area contributed by atoms with Crippen molar-refractivity contribution in [1.29, 1.82) is 0 Å². The molecule has 2 nitrogen and oxygen atoms in total. The maximum atomic E-state index is 12.4. The second kappa shape index (κ2) is 7.24. The summed E-state index contributed by atoms with van der Waals surface area (Å²) < 4.78 is 5.30. The number of rotatable bonds is 3. The monoisotopic (exact) mass is 376 g/mol. The van der Waals surface area contributed by atoms with E-state index in [2.05, 4.69) is 84.0 Å². The molecule has 0 spiro atoms. The van der Waals surface area contributed by atoms with Crippen molar-refractivity contribution in [1.82, 2.24) is 0 Å². The minimum absolute atomic E-state index is 0.0532. The third kappa shape index (κ3) is 4.06. The van der Waals surface area contributed by atoms with Crippen LogP contribution in [-0.2, 0) is 26.8 Å². The summed E-state index contributed by atoms with van der Waals surface area (Å²) in [5.74, 6) is -0.168. The van der Waals surface area contributed by atoms with Crippen LogP contribution in [0.25, 0.3) is 21.5 Å². The minimum Gasteiger partial charge on any atom is -0.466 e. The van der Waals surface area contributed by atoms with Crippen molar-refractivity contribution in [3.63, 3.8) is 0 Å². The van der Waals surface area contributed by atoms with E-state index in [9.17, 15) is 4.79 Å². The van der Waals surface area contributed by atoms with E-state index in [1.807, 2.05) is 6.92 Å². The van der Waals surface area contributed by atoms with Crippen molar-refractivity contribution in [2.45, 2.75) is 65.7 Å². The van der Waals surface area contributed by atoms with Crippen LogP contribution in [0.5, 0.6) is 0 Å². The number of fused-ring (bicyclic) bond motifs is 2. The molecule has 0 fully saturated rings. The fourth-order valence-corrected chi connectivity index (χ4v) is 3.68. The van der Waals surface area contributed by atoms with Crippen LogP contribution in [-0.4, -0.2) is 12.6 Å². The van der Waals surface area contributed by atoms with Gasteiger partial charge in [0, 0.05) is 0 Å². The molecular weight excluding hydrogens is 344 g/mol. The molecule has 148 valence electrons. The zero-order valence-electron chi connectivity index (χ0n) is 18.3. The Morgan fingerprint density at radius 2 is 1.25 bits per heavy atom. The summed E-state index contributed by atoms with van der Waals surface area (Å²) in [6, 6.07) is 15.5. The largest absolute Gasteiger partial charge is 0.466 e. The molecular formula is C26H32O2. The van der Waals surface area contributed by atoms with Crippen molar-refractivity contribution >= 4 is 27.5 Å². The van der Waals surface area contributed by atoms with Gasteiger partial charge in [-0.2, -0.15) is 0 Å². The molecule has 0 aliphatic rings. The summed E-state index contributed by atoms with van der Waals surface area (Å²) in [6.45, 7) is 15.6. The maximum Gasteiger partial charge on any atom is 0.310 e. The molecule has 0 unspecified atom stereocenters. The Bertz CT molecular complexity index is 958. The van der Waals surface area contributed by atoms with Crippen LogP contribution in [0.15, 0.2) is 42.5 Å². The van der Waals surface area contributed by atoms with Gasteiger partial charge in [0.2, 0.25) is 0 Å². The van der Waals surface area contributed by atoms with Gasteiger partial charge in [-0.25, -0.2) is 0 Å². The summed E-state index contributed by atoms with van der Waals surface area (Å²) in [6.07, 6.45) is 0.295. The first kappa shape index (κ1) is 20.4. The first-order chi connectivity index (χ1) is 13.0. The van der Waals surface area contributed by atoms with Crippen molar-refractivity contribution in [3.8, 4) is 0 Å². The van der Waals surface area contributed by atoms with Gasteiger partial charge >= 0.3 is 5.97 Å². The van der Waals surface area contributed by atoms with Gasteiger partial charge in [-0.1, -0.05) is 77.9 Å². The molecule has 28 heavy (non-hydrogen) atoms. The van der Waals surface area contributed by atoms with E-state index < -0.39 is 0 Å². The number of benzene rings is 3. The van der Waals surface area contributed by atoms with Gasteiger partial charge in [-0.05, 0) is 62.1 Å². The van der Waals surface area contributed by atoms with E-state index in [1.165, 1.54) is 21.9 Å². The highest BCUT2D eigenvalue weighted by molar-refractivity contribution is 6.04. The summed E-state index contributed by atoms with van der Waals surface area (Å²) in [5, 5.41) is 4.64. The third-order valence-corrected chi connectivity index (χ3v) is 5.43. The summed E-state index contributed by atoms with van der Waals surface area (Å²) in [5.41, 5.74) is 3.73. The number of carbonyl (C=O) groups excluding carboxylic acids is 1. The van der Waals surface area contributed by atoms with E-state index >= 15 is 0 Å². The van der Waals surface area contributed by atoms with E-state index in [1.54, 1.807) is 0 Å². The highest BCUT2D eigenvalue weighted by Crippen LogP contribution is 2.35. The van der Waals surface area contributed by atoms with E-state index in [0.717, 1.165) is 16.3 Å². The zero-order valence-corrected chi connectivity index (χ0v) is 18.3. The van der Waals surface area contributed by atoms with E-state index in [-0.39, 0.29) is 16.8 Å². The standard InChI is InChI=1S/C26H32O2/c1-8-28-24(27)16-23-21-14-19(25(2,3)4)11-9-17(21)13-18-10-12-20(15-22(18)23)26(5,6)7/h9-15H,8,16H2,1-7H3. The Hall–Kier alpha value is -2.35. The van der Waals surface area contributed by atoms with Gasteiger partial charge in [-0.3, -0.25) is 4.79 Å². The Balaban J connectivity index is 2.35. The lowest BCUT2D eigenvalue weighted by atomic mass is 9.82. The Morgan fingerprint density at radius 1 is 0.786 bits per heavy atom. The van der Waals surface area contributed by atoms with Crippen molar-refractivity contribution in [2.24, 2.45) is 0 Å². The van der Waals surface area contributed by atoms with Crippen LogP contribution in [0.4, 0.5) is 0 Å². The minimum atomic E-state index is -0.168. The Labute approximate surface area is 168 Å². The summed E-state index contributed by atoms with van der Waals surface area (Å²) >= 11 is 0. The van der Waals surface area contributed by atoms with Crippen LogP contribution >= 0.6 is 0 Å². The second-order valence-electron chi connectivity index (χ2n) is 9.71. The fourth-order valence-electron chi connectivity index (χ4n) is 3.68. The summed E-state index contributed by atoms with van der Waals surface area (Å²) in [7, 11) is 0. The highest BCUT2D eigenvalue weighted by Gasteiger charge is 2.19. The molecule has 0 aliphatic carbocycles. The van der Waals surface area contributed by atoms with Gasteiger partial charge in [-0.15, -0.1) is 0 Å². The van der Waals surface area contributed by atoms with Gasteiger partial charge in [0.15, 0.2) is 0 Å². The van der Waals surface area contributed by atoms with Crippen LogP contribution in [0.1, 0.15) is 65.2 Å². The number of hydrogen-bond donors (Lipinski definition) is 0. The topological polar surface area (TPSA) is 26.3 Å². The average molecular weight is 377 g/mol. The van der Waals surface area contributed by atoms with Crippen LogP contribution in [0.3, 0.4) is 0 Å². The van der Waals surface area contributed by atoms with Crippen molar-refractivity contribution in [3.05, 3.63) is 59.2 Å². The predicted octanol–water partition coefficient (Wildman–Crippen LogP) is 6.69. The smallest absolute Gasteiger partial charge is 0.310 e. The van der Waals surface area contributed by atoms with Crippen LogP contribution in [0.2, 0.25) is 0 Å². The van der Waals surface area contributed by atoms with E-state index in [4.69, 9.17) is 4.74 Å². The Kier molecular flexibility index (Phi) is 5.27. The lowest BCUT2D eigenvalue weighted by molar-refractivity contribution is -0.142. The molecule has 0 saturated heterocycles. The molecule has 0 atom stereocenters. The number of hydrogen-bond acceptors (Lipinski definition) is 2. The molecule has 0 N–H and O–H groups in total. The number of carbonyl (C=O) groups is 1. The molecule has 3 rings (SSSR count). The molecule has 0 aromatic heterocycles. The van der Waals surface area contributed by atoms with Crippen molar-refractivity contribution < 1.29 is 9.53 Å². The molecule has 0 aliphatic heterocycles. The lowest BCUT2D eigenvalue weighted by Crippen LogP contribution is -2.13. The summed E-state index contributed by atoms with van der Waals surface area (Å²) in [4.78, 5) is 12.4. The lowest BCUT2D eigenvalue weighted by Gasteiger charge is -2.22. The molecule has 3 aromatic rings. The van der Waals surface area contributed by atoms with Gasteiger partial charge in [0.05, 0.1) is 13.0 Å².